The van der Waals surface area contributed by atoms with Crippen LogP contribution in [0.15, 0.2) is 35.1 Å². The zero-order valence-electron chi connectivity index (χ0n) is 20.6. The van der Waals surface area contributed by atoms with Crippen LogP contribution in [0.3, 0.4) is 0 Å². The monoisotopic (exact) mass is 495 g/mol. The third-order valence-electron chi connectivity index (χ3n) is 6.64. The number of benzene rings is 2. The second-order valence-corrected chi connectivity index (χ2v) is 9.04. The smallest absolute Gasteiger partial charge is 0.337 e. The molecule has 0 saturated heterocycles. The maximum atomic E-state index is 14.0. The lowest BCUT2D eigenvalue weighted by molar-refractivity contribution is 0.0600. The predicted molar refractivity (Wildman–Crippen MR) is 136 cm³/mol. The van der Waals surface area contributed by atoms with E-state index in [0.717, 1.165) is 18.9 Å². The van der Waals surface area contributed by atoms with E-state index >= 15 is 0 Å². The SMILES string of the molecule is CNc1cc(F)cc2nc(C(=O)Nc3ccc(C(=O)OC)cc3CN(C)C3CCCCC3)c(=O)[nH]c12. The number of amides is 1. The Morgan fingerprint density at radius 1 is 1.17 bits per heavy atom. The fourth-order valence-corrected chi connectivity index (χ4v) is 4.70. The third kappa shape index (κ3) is 5.38. The molecule has 0 aliphatic heterocycles. The van der Waals surface area contributed by atoms with Gasteiger partial charge in [-0.15, -0.1) is 0 Å². The van der Waals surface area contributed by atoms with Gasteiger partial charge in [-0.3, -0.25) is 14.5 Å². The highest BCUT2D eigenvalue weighted by atomic mass is 19.1. The number of methoxy groups -OCH3 is 1. The number of hydrogen-bond acceptors (Lipinski definition) is 7. The lowest BCUT2D eigenvalue weighted by Crippen LogP contribution is -2.33. The molecular weight excluding hydrogens is 465 g/mol. The zero-order valence-corrected chi connectivity index (χ0v) is 20.6. The first-order valence-electron chi connectivity index (χ1n) is 11.9. The Morgan fingerprint density at radius 3 is 2.61 bits per heavy atom. The van der Waals surface area contributed by atoms with Gasteiger partial charge in [-0.05, 0) is 49.7 Å². The second kappa shape index (κ2) is 10.9. The van der Waals surface area contributed by atoms with Gasteiger partial charge in [0.1, 0.15) is 5.82 Å². The number of aromatic amines is 1. The Hall–Kier alpha value is -3.79. The molecule has 1 amide bonds. The van der Waals surface area contributed by atoms with E-state index in [1.807, 2.05) is 7.05 Å². The molecule has 3 aromatic rings. The number of carbonyl (C=O) groups excluding carboxylic acids is 2. The summed E-state index contributed by atoms with van der Waals surface area (Å²) in [5.74, 6) is -1.77. The number of fused-ring (bicyclic) bond motifs is 1. The molecule has 1 heterocycles. The standard InChI is InChI=1S/C26H30FN5O4/c1-28-20-12-17(27)13-21-22(20)31-25(34)23(29-21)24(33)30-19-10-9-15(26(35)36-3)11-16(19)14-32(2)18-7-5-4-6-8-18/h9-13,18,28H,4-8,14H2,1-3H3,(H,30,33)(H,31,34). The number of H-pyrrole nitrogens is 1. The van der Waals surface area contributed by atoms with Crippen LogP contribution >= 0.6 is 0 Å². The van der Waals surface area contributed by atoms with Crippen molar-refractivity contribution >= 4 is 34.3 Å². The van der Waals surface area contributed by atoms with E-state index in [4.69, 9.17) is 4.74 Å². The molecular formula is C26H30FN5O4. The number of rotatable bonds is 7. The number of hydrogen-bond donors (Lipinski definition) is 3. The molecule has 0 radical (unpaired) electrons. The normalized spacial score (nSPS) is 14.1. The highest BCUT2D eigenvalue weighted by Crippen LogP contribution is 2.26. The first-order chi connectivity index (χ1) is 17.3. The van der Waals surface area contributed by atoms with Gasteiger partial charge in [0.05, 0.1) is 29.4 Å². The number of nitrogens with one attached hydrogen (secondary N) is 3. The van der Waals surface area contributed by atoms with Gasteiger partial charge in [-0.25, -0.2) is 14.2 Å². The molecule has 0 unspecified atom stereocenters. The van der Waals surface area contributed by atoms with Crippen LogP contribution in [0.4, 0.5) is 15.8 Å². The minimum atomic E-state index is -0.735. The van der Waals surface area contributed by atoms with Gasteiger partial charge in [-0.2, -0.15) is 0 Å². The lowest BCUT2D eigenvalue weighted by Gasteiger charge is -2.31. The average molecular weight is 496 g/mol. The minimum absolute atomic E-state index is 0.141. The molecule has 0 atom stereocenters. The van der Waals surface area contributed by atoms with Gasteiger partial charge in [0.2, 0.25) is 0 Å². The molecule has 3 N–H and O–H groups in total. The highest BCUT2D eigenvalue weighted by molar-refractivity contribution is 6.04. The van der Waals surface area contributed by atoms with E-state index in [-0.39, 0.29) is 5.52 Å². The fourth-order valence-electron chi connectivity index (χ4n) is 4.70. The van der Waals surface area contributed by atoms with Crippen LogP contribution in [0, 0.1) is 5.82 Å². The van der Waals surface area contributed by atoms with Crippen LogP contribution in [0.25, 0.3) is 11.0 Å². The molecule has 0 bridgehead atoms. The summed E-state index contributed by atoms with van der Waals surface area (Å²) in [7, 11) is 4.93. The van der Waals surface area contributed by atoms with Gasteiger partial charge >= 0.3 is 5.97 Å². The van der Waals surface area contributed by atoms with Crippen LogP contribution in [0.5, 0.6) is 0 Å². The summed E-state index contributed by atoms with van der Waals surface area (Å²) in [6.07, 6.45) is 5.77. The molecule has 10 heteroatoms. The summed E-state index contributed by atoms with van der Waals surface area (Å²) >= 11 is 0. The van der Waals surface area contributed by atoms with Gasteiger partial charge < -0.3 is 20.4 Å². The first kappa shape index (κ1) is 25.3. The van der Waals surface area contributed by atoms with Crippen LogP contribution in [-0.2, 0) is 11.3 Å². The van der Waals surface area contributed by atoms with Gasteiger partial charge in [0, 0.05) is 31.4 Å². The Kier molecular flexibility index (Phi) is 7.64. The molecule has 1 aliphatic carbocycles. The van der Waals surface area contributed by atoms with Gasteiger partial charge in [0.25, 0.3) is 11.5 Å². The van der Waals surface area contributed by atoms with Crippen molar-refractivity contribution in [2.75, 3.05) is 31.8 Å². The summed E-state index contributed by atoms with van der Waals surface area (Å²) in [6.45, 7) is 0.489. The van der Waals surface area contributed by atoms with Crippen LogP contribution in [0.2, 0.25) is 0 Å². The predicted octanol–water partition coefficient (Wildman–Crippen LogP) is 3.91. The molecule has 1 aliphatic rings. The van der Waals surface area contributed by atoms with E-state index in [9.17, 15) is 18.8 Å². The number of esters is 1. The summed E-state index contributed by atoms with van der Waals surface area (Å²) in [5, 5.41) is 5.56. The number of halogens is 1. The highest BCUT2D eigenvalue weighted by Gasteiger charge is 2.22. The van der Waals surface area contributed by atoms with E-state index < -0.39 is 28.9 Å². The van der Waals surface area contributed by atoms with Crippen LogP contribution in [-0.4, -0.2) is 54.0 Å². The summed E-state index contributed by atoms with van der Waals surface area (Å²) in [5.41, 5.74) is 1.23. The second-order valence-electron chi connectivity index (χ2n) is 9.04. The first-order valence-corrected chi connectivity index (χ1v) is 11.9. The topological polar surface area (TPSA) is 116 Å². The van der Waals surface area contributed by atoms with Crippen molar-refractivity contribution in [3.63, 3.8) is 0 Å². The van der Waals surface area contributed by atoms with Crippen molar-refractivity contribution in [2.24, 2.45) is 0 Å². The maximum Gasteiger partial charge on any atom is 0.337 e. The fraction of sp³-hybridized carbons (Fsp3) is 0.385. The van der Waals surface area contributed by atoms with Crippen LogP contribution < -0.4 is 16.2 Å². The summed E-state index contributed by atoms with van der Waals surface area (Å²) < 4.78 is 18.9. The van der Waals surface area contributed by atoms with E-state index in [0.29, 0.717) is 40.6 Å². The quantitative estimate of drug-likeness (QED) is 0.426. The minimum Gasteiger partial charge on any atom is -0.465 e. The van der Waals surface area contributed by atoms with Crippen molar-refractivity contribution in [3.8, 4) is 0 Å². The van der Waals surface area contributed by atoms with Crippen molar-refractivity contribution < 1.29 is 18.7 Å². The number of anilines is 2. The number of ether oxygens (including phenoxy) is 1. The van der Waals surface area contributed by atoms with Crippen molar-refractivity contribution in [3.05, 3.63) is 63.3 Å². The number of nitrogens with zero attached hydrogens (tertiary/aromatic N) is 2. The van der Waals surface area contributed by atoms with E-state index in [1.54, 1.807) is 25.2 Å². The number of carbonyl (C=O) groups is 2. The molecule has 36 heavy (non-hydrogen) atoms. The van der Waals surface area contributed by atoms with Crippen LogP contribution in [0.1, 0.15) is 58.5 Å². The van der Waals surface area contributed by atoms with Gasteiger partial charge in [0.15, 0.2) is 5.69 Å². The average Bonchev–Trinajstić information content (AvgIpc) is 2.89. The Bertz CT molecular complexity index is 1350. The lowest BCUT2D eigenvalue weighted by atomic mass is 9.94. The molecule has 9 nitrogen and oxygen atoms in total. The Balaban J connectivity index is 1.66. The van der Waals surface area contributed by atoms with Gasteiger partial charge in [-0.1, -0.05) is 19.3 Å². The molecule has 0 spiro atoms. The number of aromatic nitrogens is 2. The molecule has 1 aromatic heterocycles. The molecule has 1 saturated carbocycles. The Morgan fingerprint density at radius 2 is 1.92 bits per heavy atom. The molecule has 190 valence electrons. The summed E-state index contributed by atoms with van der Waals surface area (Å²) in [4.78, 5) is 46.9. The van der Waals surface area contributed by atoms with Crippen molar-refractivity contribution in [1.82, 2.24) is 14.9 Å². The van der Waals surface area contributed by atoms with Crippen molar-refractivity contribution in [2.45, 2.75) is 44.7 Å². The largest absolute Gasteiger partial charge is 0.465 e. The molecule has 1 fully saturated rings. The third-order valence-corrected chi connectivity index (χ3v) is 6.64. The maximum absolute atomic E-state index is 14.0. The van der Waals surface area contributed by atoms with E-state index in [1.165, 1.54) is 32.4 Å². The Labute approximate surface area is 208 Å². The van der Waals surface area contributed by atoms with Crippen molar-refractivity contribution in [1.29, 1.82) is 0 Å². The molecule has 4 rings (SSSR count). The van der Waals surface area contributed by atoms with E-state index in [2.05, 4.69) is 25.5 Å². The zero-order chi connectivity index (χ0) is 25.8. The molecule has 2 aromatic carbocycles. The summed E-state index contributed by atoms with van der Waals surface area (Å²) in [6, 6.07) is 7.65.